The van der Waals surface area contributed by atoms with Crippen LogP contribution in [0.1, 0.15) is 258 Å². The van der Waals surface area contributed by atoms with Crippen LogP contribution in [0.25, 0.3) is 0 Å². The molecule has 0 aromatic rings. The lowest BCUT2D eigenvalue weighted by atomic mass is 10.0. The normalized spacial score (nSPS) is 13.6. The number of phosphoric acid groups is 1. The van der Waals surface area contributed by atoms with E-state index in [1.165, 1.54) is 148 Å². The molecule has 0 radical (unpaired) electrons. The first-order valence-electron chi connectivity index (χ1n) is 28.4. The standard InChI is InChI=1S/C59H106NO8P/c1-3-5-7-9-11-13-15-17-19-21-23-25-26-27-28-29-30-32-34-36-38-40-42-44-46-48-50-52-59(62)68-57(56-67-69(63,64)66-54-53-60)55-65-58(61)51-49-47-45-43-41-39-37-35-33-31-24-22-20-18-16-14-12-10-8-6-4-2/h15-18,21-24,26-27,33,35,57H,3-14,19-20,25,28-32,34,36-56,60H2,1-2H3,(H,63,64)/b17-15-,18-16-,23-21-,24-22-,27-26-,35-33-. The number of hydrogen-bond donors (Lipinski definition) is 2. The molecule has 0 saturated heterocycles. The van der Waals surface area contributed by atoms with Gasteiger partial charge in [0, 0.05) is 19.4 Å². The maximum Gasteiger partial charge on any atom is 0.472 e. The third kappa shape index (κ3) is 54.6. The average Bonchev–Trinajstić information content (AvgIpc) is 3.34. The molecule has 0 spiro atoms. The zero-order chi connectivity index (χ0) is 50.2. The van der Waals surface area contributed by atoms with Gasteiger partial charge in [-0.2, -0.15) is 0 Å². The van der Waals surface area contributed by atoms with Crippen molar-refractivity contribution in [3.05, 3.63) is 72.9 Å². The first-order chi connectivity index (χ1) is 33.8. The lowest BCUT2D eigenvalue weighted by Crippen LogP contribution is -2.29. The van der Waals surface area contributed by atoms with Crippen molar-refractivity contribution in [2.24, 2.45) is 5.73 Å². The molecule has 2 atom stereocenters. The van der Waals surface area contributed by atoms with E-state index < -0.39 is 32.5 Å². The number of unbranched alkanes of at least 4 members (excludes halogenated alkanes) is 28. The number of rotatable bonds is 53. The van der Waals surface area contributed by atoms with Gasteiger partial charge in [0.25, 0.3) is 0 Å². The highest BCUT2D eigenvalue weighted by Gasteiger charge is 2.26. The minimum Gasteiger partial charge on any atom is -0.462 e. The first kappa shape index (κ1) is 66.5. The van der Waals surface area contributed by atoms with E-state index in [0.717, 1.165) is 70.6 Å². The van der Waals surface area contributed by atoms with E-state index in [1.807, 2.05) is 0 Å². The number of nitrogens with two attached hydrogens (primary N) is 1. The summed E-state index contributed by atoms with van der Waals surface area (Å²) in [6.45, 7) is 3.72. The molecule has 0 aromatic heterocycles. The Morgan fingerprint density at radius 2 is 0.754 bits per heavy atom. The number of ether oxygens (including phenoxy) is 2. The van der Waals surface area contributed by atoms with Gasteiger partial charge in [-0.25, -0.2) is 4.57 Å². The summed E-state index contributed by atoms with van der Waals surface area (Å²) in [7, 11) is -4.39. The number of esters is 2. The Labute approximate surface area is 424 Å². The van der Waals surface area contributed by atoms with Crippen LogP contribution in [0.15, 0.2) is 72.9 Å². The number of hydrogen-bond acceptors (Lipinski definition) is 8. The van der Waals surface area contributed by atoms with E-state index >= 15 is 0 Å². The lowest BCUT2D eigenvalue weighted by Gasteiger charge is -2.19. The van der Waals surface area contributed by atoms with Crippen LogP contribution < -0.4 is 5.73 Å². The molecule has 400 valence electrons. The molecule has 0 saturated carbocycles. The number of allylic oxidation sites excluding steroid dienone is 12. The fourth-order valence-corrected chi connectivity index (χ4v) is 8.59. The summed E-state index contributed by atoms with van der Waals surface area (Å²) in [6, 6.07) is 0. The van der Waals surface area contributed by atoms with E-state index in [2.05, 4.69) is 86.8 Å². The molecule has 0 aliphatic rings. The molecular weight excluding hydrogens is 882 g/mol. The van der Waals surface area contributed by atoms with Crippen molar-refractivity contribution < 1.29 is 37.6 Å². The van der Waals surface area contributed by atoms with Crippen molar-refractivity contribution in [3.63, 3.8) is 0 Å². The second kappa shape index (κ2) is 54.8. The van der Waals surface area contributed by atoms with Gasteiger partial charge < -0.3 is 20.1 Å². The third-order valence-corrected chi connectivity index (χ3v) is 13.0. The predicted molar refractivity (Wildman–Crippen MR) is 293 cm³/mol. The molecule has 9 nitrogen and oxygen atoms in total. The highest BCUT2D eigenvalue weighted by atomic mass is 31.2. The second-order valence-electron chi connectivity index (χ2n) is 18.8. The summed E-state index contributed by atoms with van der Waals surface area (Å²) in [5, 5.41) is 0. The summed E-state index contributed by atoms with van der Waals surface area (Å²) in [4.78, 5) is 35.2. The van der Waals surface area contributed by atoms with E-state index in [9.17, 15) is 19.0 Å². The molecule has 10 heteroatoms. The Bertz CT molecular complexity index is 1360. The maximum absolute atomic E-state index is 12.7. The molecule has 69 heavy (non-hydrogen) atoms. The van der Waals surface area contributed by atoms with Crippen LogP contribution in [-0.2, 0) is 32.7 Å². The molecule has 3 N–H and O–H groups in total. The summed E-state index contributed by atoms with van der Waals surface area (Å²) >= 11 is 0. The monoisotopic (exact) mass is 988 g/mol. The molecule has 0 fully saturated rings. The Balaban J connectivity index is 4.03. The van der Waals surface area contributed by atoms with Gasteiger partial charge in [-0.1, -0.05) is 228 Å². The van der Waals surface area contributed by atoms with Crippen molar-refractivity contribution in [2.45, 2.75) is 264 Å². The van der Waals surface area contributed by atoms with Crippen LogP contribution >= 0.6 is 7.82 Å². The van der Waals surface area contributed by atoms with Crippen molar-refractivity contribution >= 4 is 19.8 Å². The lowest BCUT2D eigenvalue weighted by molar-refractivity contribution is -0.161. The van der Waals surface area contributed by atoms with Crippen molar-refractivity contribution in [1.29, 1.82) is 0 Å². The predicted octanol–water partition coefficient (Wildman–Crippen LogP) is 17.7. The summed E-state index contributed by atoms with van der Waals surface area (Å²) in [5.74, 6) is -0.842. The van der Waals surface area contributed by atoms with Gasteiger partial charge in [-0.3, -0.25) is 18.6 Å². The SMILES string of the molecule is CCCCCCC/C=C\C/C=C\C/C=C\CCCCCCCCCCCCCCC(=O)OC(COC(=O)CCCCCCCC/C=C\C/C=C\C/C=C\CCCCCCC)COP(=O)(O)OCCN. The summed E-state index contributed by atoms with van der Waals surface area (Å²) in [5.41, 5.74) is 5.38. The zero-order valence-electron chi connectivity index (χ0n) is 44.5. The van der Waals surface area contributed by atoms with Gasteiger partial charge >= 0.3 is 19.8 Å². The fraction of sp³-hybridized carbons (Fsp3) is 0.763. The first-order valence-corrected chi connectivity index (χ1v) is 29.9. The van der Waals surface area contributed by atoms with Gasteiger partial charge in [0.15, 0.2) is 6.10 Å². The zero-order valence-corrected chi connectivity index (χ0v) is 45.4. The molecule has 0 aromatic carbocycles. The van der Waals surface area contributed by atoms with Crippen molar-refractivity contribution in [1.82, 2.24) is 0 Å². The van der Waals surface area contributed by atoms with Gasteiger partial charge in [0.1, 0.15) is 6.61 Å². The van der Waals surface area contributed by atoms with Crippen molar-refractivity contribution in [2.75, 3.05) is 26.4 Å². The van der Waals surface area contributed by atoms with Gasteiger partial charge in [0.05, 0.1) is 13.2 Å². The maximum atomic E-state index is 12.7. The van der Waals surface area contributed by atoms with Gasteiger partial charge in [-0.15, -0.1) is 0 Å². The molecule has 0 aliphatic carbocycles. The molecule has 0 heterocycles. The number of phosphoric ester groups is 1. The molecule has 0 rings (SSSR count). The number of carbonyl (C=O) groups is 2. The Morgan fingerprint density at radius 1 is 0.435 bits per heavy atom. The fourth-order valence-electron chi connectivity index (χ4n) is 7.83. The minimum absolute atomic E-state index is 0.0484. The number of carbonyl (C=O) groups excluding carboxylic acids is 2. The minimum atomic E-state index is -4.39. The summed E-state index contributed by atoms with van der Waals surface area (Å²) in [6.07, 6.45) is 69.4. The van der Waals surface area contributed by atoms with Crippen LogP contribution in [0.5, 0.6) is 0 Å². The Kier molecular flexibility index (Phi) is 52.8. The Morgan fingerprint density at radius 3 is 1.12 bits per heavy atom. The smallest absolute Gasteiger partial charge is 0.462 e. The average molecular weight is 988 g/mol. The topological polar surface area (TPSA) is 134 Å². The molecule has 0 aliphatic heterocycles. The molecule has 2 unspecified atom stereocenters. The molecular formula is C59H106NO8P. The highest BCUT2D eigenvalue weighted by Crippen LogP contribution is 2.43. The van der Waals surface area contributed by atoms with Crippen LogP contribution in [0.2, 0.25) is 0 Å². The Hall–Kier alpha value is -2.55. The molecule has 0 amide bonds. The summed E-state index contributed by atoms with van der Waals surface area (Å²) < 4.78 is 33.0. The largest absolute Gasteiger partial charge is 0.472 e. The van der Waals surface area contributed by atoms with Gasteiger partial charge in [-0.05, 0) is 89.9 Å². The van der Waals surface area contributed by atoms with Crippen LogP contribution in [-0.4, -0.2) is 49.3 Å². The van der Waals surface area contributed by atoms with Crippen molar-refractivity contribution in [3.8, 4) is 0 Å². The quantitative estimate of drug-likeness (QED) is 0.0264. The molecule has 0 bridgehead atoms. The van der Waals surface area contributed by atoms with E-state index in [0.29, 0.717) is 12.8 Å². The highest BCUT2D eigenvalue weighted by molar-refractivity contribution is 7.47. The van der Waals surface area contributed by atoms with E-state index in [4.69, 9.17) is 24.3 Å². The van der Waals surface area contributed by atoms with Gasteiger partial charge in [0.2, 0.25) is 0 Å². The third-order valence-electron chi connectivity index (χ3n) is 12.1. The van der Waals surface area contributed by atoms with E-state index in [1.54, 1.807) is 0 Å². The van der Waals surface area contributed by atoms with Crippen LogP contribution in [0.3, 0.4) is 0 Å². The van der Waals surface area contributed by atoms with Crippen LogP contribution in [0, 0.1) is 0 Å². The van der Waals surface area contributed by atoms with E-state index in [-0.39, 0.29) is 32.6 Å². The second-order valence-corrected chi connectivity index (χ2v) is 20.3. The van der Waals surface area contributed by atoms with Crippen LogP contribution in [0.4, 0.5) is 0 Å².